The molecule has 1 aliphatic heterocycles. The smallest absolute Gasteiger partial charge is 0.264 e. The van der Waals surface area contributed by atoms with Crippen molar-refractivity contribution < 1.29 is 13.9 Å². The van der Waals surface area contributed by atoms with Crippen LogP contribution >= 0.6 is 0 Å². The molecule has 3 aromatic rings. The lowest BCUT2D eigenvalue weighted by molar-refractivity contribution is -0.135. The highest BCUT2D eigenvalue weighted by molar-refractivity contribution is 6.00. The maximum Gasteiger partial charge on any atom is 0.264 e. The molecule has 3 aromatic heterocycles. The Hall–Kier alpha value is -2.81. The number of amides is 1. The highest BCUT2D eigenvalue weighted by atomic mass is 19.1. The molecule has 0 radical (unpaired) electrons. The number of ether oxygens (including phenoxy) is 1. The number of pyridine rings is 1. The molecule has 1 saturated heterocycles. The average Bonchev–Trinajstić information content (AvgIpc) is 3.08. The summed E-state index contributed by atoms with van der Waals surface area (Å²) in [7, 11) is 1.58. The van der Waals surface area contributed by atoms with Crippen LogP contribution < -0.4 is 4.90 Å². The summed E-state index contributed by atoms with van der Waals surface area (Å²) >= 11 is 0. The summed E-state index contributed by atoms with van der Waals surface area (Å²) in [6.45, 7) is 2.85. The van der Waals surface area contributed by atoms with Gasteiger partial charge in [0.25, 0.3) is 5.91 Å². The lowest BCUT2D eigenvalue weighted by atomic mass is 9.88. The van der Waals surface area contributed by atoms with E-state index in [1.54, 1.807) is 19.3 Å². The Morgan fingerprint density at radius 1 is 1.35 bits per heavy atom. The molecule has 9 heteroatoms. The maximum absolute atomic E-state index is 15.1. The fourth-order valence-corrected chi connectivity index (χ4v) is 5.16. The molecule has 6 rings (SSSR count). The van der Waals surface area contributed by atoms with E-state index in [4.69, 9.17) is 4.74 Å². The van der Waals surface area contributed by atoms with Gasteiger partial charge < -0.3 is 14.6 Å². The van der Waals surface area contributed by atoms with Crippen LogP contribution in [0.3, 0.4) is 0 Å². The lowest BCUT2D eigenvalue weighted by Crippen LogP contribution is -2.48. The van der Waals surface area contributed by atoms with Crippen molar-refractivity contribution in [2.24, 2.45) is 11.3 Å². The molecule has 2 aliphatic carbocycles. The van der Waals surface area contributed by atoms with Gasteiger partial charge in [-0.15, -0.1) is 0 Å². The van der Waals surface area contributed by atoms with Crippen molar-refractivity contribution in [1.82, 2.24) is 25.1 Å². The molecule has 0 unspecified atom stereocenters. The number of aromatic amines is 2. The Morgan fingerprint density at radius 3 is 2.97 bits per heavy atom. The lowest BCUT2D eigenvalue weighted by Gasteiger charge is -2.31. The Bertz CT molecular complexity index is 1200. The van der Waals surface area contributed by atoms with Crippen molar-refractivity contribution in [3.63, 3.8) is 0 Å². The number of anilines is 1. The molecule has 0 aromatic carbocycles. The van der Waals surface area contributed by atoms with Crippen molar-refractivity contribution in [3.05, 3.63) is 23.5 Å². The number of fused-ring (bicyclic) bond motifs is 3. The summed E-state index contributed by atoms with van der Waals surface area (Å²) < 4.78 is 20.3. The summed E-state index contributed by atoms with van der Waals surface area (Å²) in [5.74, 6) is 0.829. The summed E-state index contributed by atoms with van der Waals surface area (Å²) in [5.41, 5.74) is 3.58. The number of hydrogen-bond donors (Lipinski definition) is 2. The van der Waals surface area contributed by atoms with E-state index in [1.165, 1.54) is 22.6 Å². The number of nitrogens with zero attached hydrogens (tertiary/aromatic N) is 4. The van der Waals surface area contributed by atoms with E-state index in [-0.39, 0.29) is 26.1 Å². The third-order valence-electron chi connectivity index (χ3n) is 7.43. The molecule has 8 nitrogen and oxygen atoms in total. The fourth-order valence-electron chi connectivity index (χ4n) is 5.16. The Labute approximate surface area is 178 Å². The van der Waals surface area contributed by atoms with Crippen LogP contribution in [0.15, 0.2) is 12.3 Å². The molecule has 2 atom stereocenters. The first kappa shape index (κ1) is 18.9. The minimum Gasteiger partial charge on any atom is -0.381 e. The van der Waals surface area contributed by atoms with Crippen LogP contribution in [0.4, 0.5) is 10.1 Å². The van der Waals surface area contributed by atoms with Crippen molar-refractivity contribution in [3.8, 4) is 11.5 Å². The van der Waals surface area contributed by atoms with E-state index in [2.05, 4.69) is 32.1 Å². The first-order chi connectivity index (χ1) is 14.9. The molecule has 31 heavy (non-hydrogen) atoms. The number of carbonyl (C=O) groups is 1. The predicted molar refractivity (Wildman–Crippen MR) is 112 cm³/mol. The van der Waals surface area contributed by atoms with Crippen molar-refractivity contribution in [1.29, 1.82) is 0 Å². The third kappa shape index (κ3) is 2.90. The van der Waals surface area contributed by atoms with Gasteiger partial charge in [-0.1, -0.05) is 6.92 Å². The zero-order chi connectivity index (χ0) is 21.4. The molecule has 162 valence electrons. The minimum atomic E-state index is -1.90. The second-order valence-corrected chi connectivity index (χ2v) is 9.56. The molecular formula is C22H25FN6O2. The van der Waals surface area contributed by atoms with E-state index in [1.807, 2.05) is 0 Å². The number of carbonyl (C=O) groups excluding carboxylic acids is 1. The highest BCUT2D eigenvalue weighted by Gasteiger charge is 2.53. The first-order valence-electron chi connectivity index (χ1n) is 10.8. The number of halogens is 1. The average molecular weight is 424 g/mol. The second kappa shape index (κ2) is 6.35. The van der Waals surface area contributed by atoms with Crippen LogP contribution in [-0.4, -0.2) is 57.0 Å². The van der Waals surface area contributed by atoms with E-state index in [0.717, 1.165) is 24.5 Å². The molecule has 2 N–H and O–H groups in total. The number of hydrogen-bond acceptors (Lipinski definition) is 5. The number of imidazole rings is 1. The summed E-state index contributed by atoms with van der Waals surface area (Å²) in [5, 5.41) is 7.73. The van der Waals surface area contributed by atoms with Gasteiger partial charge in [0.2, 0.25) is 0 Å². The van der Waals surface area contributed by atoms with Gasteiger partial charge in [-0.3, -0.25) is 9.89 Å². The third-order valence-corrected chi connectivity index (χ3v) is 7.43. The van der Waals surface area contributed by atoms with Gasteiger partial charge in [-0.05, 0) is 36.7 Å². The van der Waals surface area contributed by atoms with Gasteiger partial charge in [0.15, 0.2) is 17.1 Å². The Balaban J connectivity index is 1.30. The number of aromatic nitrogens is 5. The van der Waals surface area contributed by atoms with E-state index in [0.29, 0.717) is 28.1 Å². The highest BCUT2D eigenvalue weighted by Crippen LogP contribution is 2.59. The monoisotopic (exact) mass is 424 g/mol. The maximum atomic E-state index is 15.1. The van der Waals surface area contributed by atoms with Crippen molar-refractivity contribution in [2.45, 2.75) is 44.7 Å². The quantitative estimate of drug-likeness (QED) is 0.673. The standard InChI is InChI=1S/C22H25FN6O2/c1-21-9-12(21)7-14-16(10-21)27-28-17(14)19-25-15-8-13(11-24-18(15)26-19)29(2)20(30)22(23)3-5-31-6-4-22/h8,11-12H,3-7,9-10H2,1-2H3,(H,27,28)(H,24,25,26)/t12-,21-/m1/s1. The zero-order valence-electron chi connectivity index (χ0n) is 17.7. The van der Waals surface area contributed by atoms with Gasteiger partial charge in [-0.25, -0.2) is 14.4 Å². The number of rotatable bonds is 3. The number of nitrogens with one attached hydrogen (secondary N) is 2. The molecule has 4 heterocycles. The van der Waals surface area contributed by atoms with Gasteiger partial charge in [0.05, 0.1) is 30.6 Å². The normalized spacial score (nSPS) is 26.4. The largest absolute Gasteiger partial charge is 0.381 e. The Morgan fingerprint density at radius 2 is 2.16 bits per heavy atom. The van der Waals surface area contributed by atoms with Gasteiger partial charge in [0.1, 0.15) is 5.69 Å². The SMILES string of the molecule is CN(C(=O)C1(F)CCOCC1)c1cnc2nc(-c3n[nH]c4c3C[C@@H]3C[C@]3(C)C4)[nH]c2c1. The molecule has 2 fully saturated rings. The second-order valence-electron chi connectivity index (χ2n) is 9.56. The van der Waals surface area contributed by atoms with Crippen LogP contribution in [0, 0.1) is 11.3 Å². The summed E-state index contributed by atoms with van der Waals surface area (Å²) in [4.78, 5) is 26.5. The van der Waals surface area contributed by atoms with E-state index < -0.39 is 11.6 Å². The van der Waals surface area contributed by atoms with Crippen LogP contribution in [-0.2, 0) is 22.4 Å². The van der Waals surface area contributed by atoms with E-state index >= 15 is 4.39 Å². The first-order valence-corrected chi connectivity index (χ1v) is 10.8. The van der Waals surface area contributed by atoms with Crippen molar-refractivity contribution in [2.75, 3.05) is 25.2 Å². The summed E-state index contributed by atoms with van der Waals surface area (Å²) in [6.07, 6.45) is 5.03. The van der Waals surface area contributed by atoms with Crippen LogP contribution in [0.1, 0.15) is 37.4 Å². The summed E-state index contributed by atoms with van der Waals surface area (Å²) in [6, 6.07) is 1.79. The molecule has 0 spiro atoms. The van der Waals surface area contributed by atoms with Crippen LogP contribution in [0.2, 0.25) is 0 Å². The molecule has 0 bridgehead atoms. The number of alkyl halides is 1. The van der Waals surface area contributed by atoms with Gasteiger partial charge >= 0.3 is 0 Å². The minimum absolute atomic E-state index is 0.0738. The molecular weight excluding hydrogens is 399 g/mol. The Kier molecular flexibility index (Phi) is 3.88. The van der Waals surface area contributed by atoms with Crippen molar-refractivity contribution >= 4 is 22.8 Å². The zero-order valence-corrected chi connectivity index (χ0v) is 17.7. The molecule has 3 aliphatic rings. The molecule has 1 amide bonds. The van der Waals surface area contributed by atoms with Gasteiger partial charge in [0, 0.05) is 31.1 Å². The fraction of sp³-hybridized carbons (Fsp3) is 0.545. The number of H-pyrrole nitrogens is 2. The predicted octanol–water partition coefficient (Wildman–Crippen LogP) is 2.95. The van der Waals surface area contributed by atoms with Gasteiger partial charge in [-0.2, -0.15) is 5.10 Å². The topological polar surface area (TPSA) is 99.8 Å². The molecule has 1 saturated carbocycles. The van der Waals surface area contributed by atoms with E-state index in [9.17, 15) is 4.79 Å². The van der Waals surface area contributed by atoms with Crippen LogP contribution in [0.25, 0.3) is 22.7 Å². The van der Waals surface area contributed by atoms with Crippen LogP contribution in [0.5, 0.6) is 0 Å².